The molecule has 0 atom stereocenters. The van der Waals surface area contributed by atoms with Crippen molar-refractivity contribution in [2.75, 3.05) is 12.3 Å². The molecular formula is C13H13Cl2N3O2. The van der Waals surface area contributed by atoms with Crippen LogP contribution in [-0.2, 0) is 11.3 Å². The molecule has 0 aliphatic rings. The second-order valence-corrected chi connectivity index (χ2v) is 4.94. The van der Waals surface area contributed by atoms with E-state index in [9.17, 15) is 4.79 Å². The van der Waals surface area contributed by atoms with Crippen molar-refractivity contribution in [1.29, 1.82) is 0 Å². The van der Waals surface area contributed by atoms with Crippen LogP contribution in [0.25, 0.3) is 0 Å². The van der Waals surface area contributed by atoms with Gasteiger partial charge in [0.15, 0.2) is 0 Å². The number of nitrogens with zero attached hydrogens (tertiary/aromatic N) is 2. The lowest BCUT2D eigenvalue weighted by Gasteiger charge is -2.08. The number of carbonyl (C=O) groups excluding carboxylic acids is 1. The smallest absolute Gasteiger partial charge is 0.339 e. The van der Waals surface area contributed by atoms with E-state index in [1.807, 2.05) is 10.8 Å². The first-order chi connectivity index (χ1) is 9.58. The zero-order valence-electron chi connectivity index (χ0n) is 10.6. The fourth-order valence-corrected chi connectivity index (χ4v) is 2.08. The van der Waals surface area contributed by atoms with Crippen molar-refractivity contribution in [2.45, 2.75) is 13.0 Å². The SMILES string of the molecule is Nc1cc(Cl)c(Cl)c(C(=O)OCCCn2ccnc2)c1. The fraction of sp³-hybridized carbons (Fsp3) is 0.231. The predicted octanol–water partition coefficient (Wildman–Crippen LogP) is 3.02. The number of imidazole rings is 1. The van der Waals surface area contributed by atoms with E-state index < -0.39 is 5.97 Å². The Morgan fingerprint density at radius 3 is 2.90 bits per heavy atom. The van der Waals surface area contributed by atoms with Gasteiger partial charge in [0.1, 0.15) is 0 Å². The molecule has 2 aromatic rings. The Balaban J connectivity index is 1.89. The number of aryl methyl sites for hydroxylation is 1. The summed E-state index contributed by atoms with van der Waals surface area (Å²) < 4.78 is 7.05. The molecule has 0 spiro atoms. The molecule has 2 N–H and O–H groups in total. The summed E-state index contributed by atoms with van der Waals surface area (Å²) in [5.74, 6) is -0.533. The number of carbonyl (C=O) groups is 1. The average Bonchev–Trinajstić information content (AvgIpc) is 2.91. The van der Waals surface area contributed by atoms with Gasteiger partial charge in [0, 0.05) is 24.6 Å². The highest BCUT2D eigenvalue weighted by Gasteiger charge is 2.15. The summed E-state index contributed by atoms with van der Waals surface area (Å²) in [6, 6.07) is 2.94. The third-order valence-electron chi connectivity index (χ3n) is 2.62. The lowest BCUT2D eigenvalue weighted by molar-refractivity contribution is 0.0496. The first-order valence-electron chi connectivity index (χ1n) is 5.95. The number of anilines is 1. The minimum Gasteiger partial charge on any atom is -0.462 e. The largest absolute Gasteiger partial charge is 0.462 e. The first-order valence-corrected chi connectivity index (χ1v) is 6.71. The highest BCUT2D eigenvalue weighted by molar-refractivity contribution is 6.44. The van der Waals surface area contributed by atoms with Crippen molar-refractivity contribution in [3.63, 3.8) is 0 Å². The molecular weight excluding hydrogens is 301 g/mol. The van der Waals surface area contributed by atoms with E-state index in [1.54, 1.807) is 12.5 Å². The summed E-state index contributed by atoms with van der Waals surface area (Å²) in [7, 11) is 0. The van der Waals surface area contributed by atoms with Crippen LogP contribution in [0.15, 0.2) is 30.9 Å². The zero-order valence-corrected chi connectivity index (χ0v) is 12.1. The van der Waals surface area contributed by atoms with Crippen molar-refractivity contribution in [2.24, 2.45) is 0 Å². The van der Waals surface area contributed by atoms with E-state index in [2.05, 4.69) is 4.98 Å². The summed E-state index contributed by atoms with van der Waals surface area (Å²) in [6.45, 7) is 0.998. The molecule has 106 valence electrons. The molecule has 0 fully saturated rings. The van der Waals surface area contributed by atoms with E-state index in [-0.39, 0.29) is 22.2 Å². The summed E-state index contributed by atoms with van der Waals surface area (Å²) >= 11 is 11.8. The Labute approximate surface area is 126 Å². The molecule has 20 heavy (non-hydrogen) atoms. The maximum atomic E-state index is 11.9. The fourth-order valence-electron chi connectivity index (χ4n) is 1.67. The van der Waals surface area contributed by atoms with E-state index in [4.69, 9.17) is 33.7 Å². The van der Waals surface area contributed by atoms with Crippen LogP contribution in [0.1, 0.15) is 16.8 Å². The molecule has 0 saturated heterocycles. The molecule has 1 heterocycles. The Morgan fingerprint density at radius 2 is 2.20 bits per heavy atom. The van der Waals surface area contributed by atoms with Gasteiger partial charge >= 0.3 is 5.97 Å². The minimum absolute atomic E-state index is 0.153. The number of nitrogens with two attached hydrogens (primary N) is 1. The van der Waals surface area contributed by atoms with Crippen LogP contribution in [0.5, 0.6) is 0 Å². The number of hydrogen-bond donors (Lipinski definition) is 1. The molecule has 0 aliphatic heterocycles. The third-order valence-corrected chi connectivity index (χ3v) is 3.43. The standard InChI is InChI=1S/C13H13Cl2N3O2/c14-11-7-9(16)6-10(12(11)15)13(19)20-5-1-3-18-4-2-17-8-18/h2,4,6-8H,1,3,5,16H2. The summed E-state index contributed by atoms with van der Waals surface area (Å²) in [5.41, 5.74) is 6.17. The van der Waals surface area contributed by atoms with E-state index in [0.717, 1.165) is 6.54 Å². The highest BCUT2D eigenvalue weighted by Crippen LogP contribution is 2.29. The van der Waals surface area contributed by atoms with Gasteiger partial charge in [-0.2, -0.15) is 0 Å². The maximum Gasteiger partial charge on any atom is 0.339 e. The molecule has 1 aromatic heterocycles. The molecule has 0 amide bonds. The van der Waals surface area contributed by atoms with E-state index in [1.165, 1.54) is 12.1 Å². The van der Waals surface area contributed by atoms with Crippen LogP contribution >= 0.6 is 23.2 Å². The van der Waals surface area contributed by atoms with Gasteiger partial charge in [-0.25, -0.2) is 9.78 Å². The number of nitrogen functional groups attached to an aromatic ring is 1. The maximum absolute atomic E-state index is 11.9. The number of halogens is 2. The van der Waals surface area contributed by atoms with Crippen molar-refractivity contribution in [1.82, 2.24) is 9.55 Å². The normalized spacial score (nSPS) is 10.5. The lowest BCUT2D eigenvalue weighted by Crippen LogP contribution is -2.09. The number of aromatic nitrogens is 2. The Hall–Kier alpha value is -1.72. The molecule has 2 rings (SSSR count). The van der Waals surface area contributed by atoms with Gasteiger partial charge in [0.25, 0.3) is 0 Å². The summed E-state index contributed by atoms with van der Waals surface area (Å²) in [4.78, 5) is 15.8. The van der Waals surface area contributed by atoms with Crippen molar-refractivity contribution < 1.29 is 9.53 Å². The van der Waals surface area contributed by atoms with Crippen LogP contribution in [0.4, 0.5) is 5.69 Å². The van der Waals surface area contributed by atoms with E-state index in [0.29, 0.717) is 12.1 Å². The van der Waals surface area contributed by atoms with Crippen molar-refractivity contribution in [3.8, 4) is 0 Å². The number of esters is 1. The Kier molecular flexibility index (Phi) is 4.87. The predicted molar refractivity (Wildman–Crippen MR) is 78.0 cm³/mol. The van der Waals surface area contributed by atoms with Gasteiger partial charge in [-0.05, 0) is 18.6 Å². The minimum atomic E-state index is -0.533. The second-order valence-electron chi connectivity index (χ2n) is 4.15. The molecule has 0 unspecified atom stereocenters. The number of benzene rings is 1. The van der Waals surface area contributed by atoms with Gasteiger partial charge < -0.3 is 15.0 Å². The second kappa shape index (κ2) is 6.63. The molecule has 0 saturated carbocycles. The first kappa shape index (κ1) is 14.7. The molecule has 5 nitrogen and oxygen atoms in total. The zero-order chi connectivity index (χ0) is 14.5. The van der Waals surface area contributed by atoms with Gasteiger partial charge in [-0.1, -0.05) is 23.2 Å². The summed E-state index contributed by atoms with van der Waals surface area (Å²) in [6.07, 6.45) is 5.92. The van der Waals surface area contributed by atoms with Gasteiger partial charge in [-0.3, -0.25) is 0 Å². The molecule has 1 aromatic carbocycles. The number of ether oxygens (including phenoxy) is 1. The van der Waals surface area contributed by atoms with Crippen LogP contribution in [0.3, 0.4) is 0 Å². The van der Waals surface area contributed by atoms with Crippen molar-refractivity contribution >= 4 is 34.9 Å². The van der Waals surface area contributed by atoms with Gasteiger partial charge in [-0.15, -0.1) is 0 Å². The molecule has 0 aliphatic carbocycles. The van der Waals surface area contributed by atoms with Gasteiger partial charge in [0.2, 0.25) is 0 Å². The number of rotatable bonds is 5. The van der Waals surface area contributed by atoms with Gasteiger partial charge in [0.05, 0.1) is 28.5 Å². The van der Waals surface area contributed by atoms with Crippen molar-refractivity contribution in [3.05, 3.63) is 46.5 Å². The summed E-state index contributed by atoms with van der Waals surface area (Å²) in [5, 5.41) is 0.387. The monoisotopic (exact) mass is 313 g/mol. The van der Waals surface area contributed by atoms with Crippen LogP contribution in [0, 0.1) is 0 Å². The third kappa shape index (κ3) is 3.65. The molecule has 0 bridgehead atoms. The lowest BCUT2D eigenvalue weighted by atomic mass is 10.2. The number of hydrogen-bond acceptors (Lipinski definition) is 4. The Bertz CT molecular complexity index is 600. The van der Waals surface area contributed by atoms with Crippen LogP contribution < -0.4 is 5.73 Å². The highest BCUT2D eigenvalue weighted by atomic mass is 35.5. The van der Waals surface area contributed by atoms with E-state index >= 15 is 0 Å². The quantitative estimate of drug-likeness (QED) is 0.523. The van der Waals surface area contributed by atoms with Crippen LogP contribution in [-0.4, -0.2) is 22.1 Å². The topological polar surface area (TPSA) is 70.1 Å². The molecule has 0 radical (unpaired) electrons. The average molecular weight is 314 g/mol. The Morgan fingerprint density at radius 1 is 1.40 bits per heavy atom. The molecule has 7 heteroatoms. The van der Waals surface area contributed by atoms with Crippen LogP contribution in [0.2, 0.25) is 10.0 Å².